The summed E-state index contributed by atoms with van der Waals surface area (Å²) in [4.78, 5) is 25.5. The number of morpholine rings is 1. The maximum Gasteiger partial charge on any atom is 0.319 e. The van der Waals surface area contributed by atoms with E-state index in [1.807, 2.05) is 6.92 Å². The lowest BCUT2D eigenvalue weighted by atomic mass is 9.99. The zero-order valence-electron chi connectivity index (χ0n) is 16.1. The van der Waals surface area contributed by atoms with Crippen molar-refractivity contribution in [2.45, 2.75) is 25.6 Å². The first-order chi connectivity index (χ1) is 14.0. The number of hydrogen-bond donors (Lipinski definition) is 3. The van der Waals surface area contributed by atoms with Crippen LogP contribution in [-0.2, 0) is 16.1 Å². The number of anilines is 1. The fourth-order valence-corrected chi connectivity index (χ4v) is 3.22. The minimum atomic E-state index is -1.02. The summed E-state index contributed by atoms with van der Waals surface area (Å²) in [6.45, 7) is 2.41. The van der Waals surface area contributed by atoms with Crippen LogP contribution in [0.5, 0.6) is 0 Å². The summed E-state index contributed by atoms with van der Waals surface area (Å²) in [6.07, 6.45) is -1.02. The molecule has 0 aliphatic carbocycles. The van der Waals surface area contributed by atoms with Crippen molar-refractivity contribution < 1.29 is 23.8 Å². The molecule has 3 amide bonds. The second-order valence-corrected chi connectivity index (χ2v) is 6.75. The lowest BCUT2D eigenvalue weighted by Gasteiger charge is -2.38. The Labute approximate surface area is 168 Å². The summed E-state index contributed by atoms with van der Waals surface area (Å²) in [5.41, 5.74) is 1.51. The number of carbonyl (C=O) groups is 2. The average molecular weight is 401 g/mol. The zero-order chi connectivity index (χ0) is 20.8. The highest BCUT2D eigenvalue weighted by molar-refractivity contribution is 5.89. The molecule has 0 radical (unpaired) electrons. The molecule has 1 saturated heterocycles. The van der Waals surface area contributed by atoms with Crippen LogP contribution in [0.15, 0.2) is 48.5 Å². The van der Waals surface area contributed by atoms with Crippen LogP contribution in [-0.4, -0.2) is 47.7 Å². The molecule has 0 saturated carbocycles. The Balaban J connectivity index is 1.75. The fraction of sp³-hybridized carbons (Fsp3) is 0.333. The van der Waals surface area contributed by atoms with E-state index in [0.717, 1.165) is 0 Å². The Hall–Kier alpha value is -2.97. The molecule has 3 N–H and O–H groups in total. The van der Waals surface area contributed by atoms with E-state index in [1.54, 1.807) is 42.5 Å². The molecule has 0 bridgehead atoms. The summed E-state index contributed by atoms with van der Waals surface area (Å²) < 4.78 is 19.4. The van der Waals surface area contributed by atoms with E-state index in [2.05, 4.69) is 10.6 Å². The Bertz CT molecular complexity index is 859. The van der Waals surface area contributed by atoms with Crippen molar-refractivity contribution in [2.75, 3.05) is 25.1 Å². The smallest absolute Gasteiger partial charge is 0.319 e. The maximum atomic E-state index is 14.1. The lowest BCUT2D eigenvalue weighted by Crippen LogP contribution is -2.51. The zero-order valence-corrected chi connectivity index (χ0v) is 16.1. The van der Waals surface area contributed by atoms with Crippen LogP contribution in [0.2, 0.25) is 0 Å². The number of halogens is 1. The number of amides is 3. The molecule has 29 heavy (non-hydrogen) atoms. The topological polar surface area (TPSA) is 90.9 Å². The van der Waals surface area contributed by atoms with E-state index >= 15 is 0 Å². The van der Waals surface area contributed by atoms with Crippen LogP contribution in [0.25, 0.3) is 0 Å². The van der Waals surface area contributed by atoms with Gasteiger partial charge in [-0.1, -0.05) is 30.3 Å². The van der Waals surface area contributed by atoms with Gasteiger partial charge in [0.1, 0.15) is 18.5 Å². The average Bonchev–Trinajstić information content (AvgIpc) is 2.71. The van der Waals surface area contributed by atoms with Gasteiger partial charge in [0.05, 0.1) is 12.6 Å². The van der Waals surface area contributed by atoms with Gasteiger partial charge >= 0.3 is 6.03 Å². The molecule has 2 aromatic carbocycles. The number of hydrogen-bond acceptors (Lipinski definition) is 4. The molecule has 1 heterocycles. The standard InChI is InChI=1S/C21H24FN3O4/c1-2-23-21(28)24-16-9-7-14(8-10-16)20(27)18-12-29-13-19(26)25(18)11-15-5-3-4-6-17(15)22/h3-10,18,20,27H,2,11-13H2,1H3,(H2,23,24,28). The first kappa shape index (κ1) is 20.8. The minimum Gasteiger partial charge on any atom is -0.386 e. The molecule has 1 aliphatic heterocycles. The molecular weight excluding hydrogens is 377 g/mol. The SMILES string of the molecule is CCNC(=O)Nc1ccc(C(O)C2COCC(=O)N2Cc2ccccc2F)cc1. The summed E-state index contributed by atoms with van der Waals surface area (Å²) in [7, 11) is 0. The predicted molar refractivity (Wildman–Crippen MR) is 106 cm³/mol. The number of urea groups is 1. The number of benzene rings is 2. The Morgan fingerprint density at radius 2 is 2.00 bits per heavy atom. The molecule has 2 unspecified atom stereocenters. The number of rotatable bonds is 6. The van der Waals surface area contributed by atoms with Crippen LogP contribution < -0.4 is 10.6 Å². The van der Waals surface area contributed by atoms with E-state index in [0.29, 0.717) is 23.4 Å². The number of aliphatic hydroxyl groups is 1. The number of carbonyl (C=O) groups excluding carboxylic acids is 2. The number of aliphatic hydroxyl groups excluding tert-OH is 1. The van der Waals surface area contributed by atoms with Crippen molar-refractivity contribution in [3.05, 3.63) is 65.5 Å². The minimum absolute atomic E-state index is 0.0490. The van der Waals surface area contributed by atoms with Gasteiger partial charge in [-0.25, -0.2) is 9.18 Å². The van der Waals surface area contributed by atoms with Gasteiger partial charge in [0.25, 0.3) is 0 Å². The van der Waals surface area contributed by atoms with Gasteiger partial charge in [-0.3, -0.25) is 4.79 Å². The van der Waals surface area contributed by atoms with E-state index in [4.69, 9.17) is 4.74 Å². The Kier molecular flexibility index (Phi) is 6.79. The summed E-state index contributed by atoms with van der Waals surface area (Å²) in [5, 5.41) is 16.2. The molecule has 8 heteroatoms. The van der Waals surface area contributed by atoms with Gasteiger partial charge in [0, 0.05) is 24.3 Å². The maximum absolute atomic E-state index is 14.1. The van der Waals surface area contributed by atoms with Gasteiger partial charge < -0.3 is 25.4 Å². The molecule has 0 spiro atoms. The van der Waals surface area contributed by atoms with Gasteiger partial charge in [0.2, 0.25) is 5.91 Å². The van der Waals surface area contributed by atoms with Crippen molar-refractivity contribution in [1.29, 1.82) is 0 Å². The normalized spacial score (nSPS) is 17.7. The molecule has 2 aromatic rings. The molecule has 0 aromatic heterocycles. The first-order valence-electron chi connectivity index (χ1n) is 9.43. The van der Waals surface area contributed by atoms with Crippen molar-refractivity contribution in [2.24, 2.45) is 0 Å². The Morgan fingerprint density at radius 3 is 2.69 bits per heavy atom. The van der Waals surface area contributed by atoms with Gasteiger partial charge in [0.15, 0.2) is 0 Å². The highest BCUT2D eigenvalue weighted by Gasteiger charge is 2.35. The van der Waals surface area contributed by atoms with E-state index in [-0.39, 0.29) is 31.7 Å². The van der Waals surface area contributed by atoms with Crippen molar-refractivity contribution in [1.82, 2.24) is 10.2 Å². The largest absolute Gasteiger partial charge is 0.386 e. The molecule has 2 atom stereocenters. The predicted octanol–water partition coefficient (Wildman–Crippen LogP) is 2.43. The van der Waals surface area contributed by atoms with Gasteiger partial charge in [-0.2, -0.15) is 0 Å². The first-order valence-corrected chi connectivity index (χ1v) is 9.43. The summed E-state index contributed by atoms with van der Waals surface area (Å²) in [6, 6.07) is 12.0. The second kappa shape index (κ2) is 9.49. The lowest BCUT2D eigenvalue weighted by molar-refractivity contribution is -0.155. The molecule has 7 nitrogen and oxygen atoms in total. The molecular formula is C21H24FN3O4. The summed E-state index contributed by atoms with van der Waals surface area (Å²) >= 11 is 0. The second-order valence-electron chi connectivity index (χ2n) is 6.75. The quantitative estimate of drug-likeness (QED) is 0.693. The van der Waals surface area contributed by atoms with Crippen LogP contribution in [0.3, 0.4) is 0 Å². The van der Waals surface area contributed by atoms with E-state index < -0.39 is 18.0 Å². The molecule has 154 valence electrons. The third-order valence-corrected chi connectivity index (χ3v) is 4.75. The van der Waals surface area contributed by atoms with Crippen LogP contribution in [0.1, 0.15) is 24.2 Å². The third-order valence-electron chi connectivity index (χ3n) is 4.75. The monoisotopic (exact) mass is 401 g/mol. The number of nitrogens with zero attached hydrogens (tertiary/aromatic N) is 1. The Morgan fingerprint density at radius 1 is 1.28 bits per heavy atom. The van der Waals surface area contributed by atoms with Gasteiger partial charge in [-0.15, -0.1) is 0 Å². The molecule has 3 rings (SSSR count). The highest BCUT2D eigenvalue weighted by Crippen LogP contribution is 2.27. The fourth-order valence-electron chi connectivity index (χ4n) is 3.22. The van der Waals surface area contributed by atoms with Crippen LogP contribution in [0, 0.1) is 5.82 Å². The highest BCUT2D eigenvalue weighted by atomic mass is 19.1. The van der Waals surface area contributed by atoms with Crippen LogP contribution in [0.4, 0.5) is 14.9 Å². The number of ether oxygens (including phenoxy) is 1. The molecule has 1 aliphatic rings. The summed E-state index contributed by atoms with van der Waals surface area (Å²) in [5.74, 6) is -0.709. The van der Waals surface area contributed by atoms with Crippen molar-refractivity contribution >= 4 is 17.6 Å². The van der Waals surface area contributed by atoms with Gasteiger partial charge in [-0.05, 0) is 30.7 Å². The van der Waals surface area contributed by atoms with E-state index in [1.165, 1.54) is 11.0 Å². The van der Waals surface area contributed by atoms with Crippen molar-refractivity contribution in [3.8, 4) is 0 Å². The molecule has 1 fully saturated rings. The van der Waals surface area contributed by atoms with E-state index in [9.17, 15) is 19.1 Å². The van der Waals surface area contributed by atoms with Crippen LogP contribution >= 0.6 is 0 Å². The third kappa shape index (κ3) is 5.10. The number of nitrogens with one attached hydrogen (secondary N) is 2. The van der Waals surface area contributed by atoms with Crippen molar-refractivity contribution in [3.63, 3.8) is 0 Å².